The minimum atomic E-state index is -3.89. The molecule has 2 N–H and O–H groups in total. The molecule has 2 heterocycles. The second-order valence-corrected chi connectivity index (χ2v) is 8.50. The summed E-state index contributed by atoms with van der Waals surface area (Å²) in [5.74, 6) is 1.98. The van der Waals surface area contributed by atoms with Crippen molar-refractivity contribution >= 4 is 15.9 Å². The molecule has 0 radical (unpaired) electrons. The molecule has 0 spiro atoms. The van der Waals surface area contributed by atoms with Gasteiger partial charge in [-0.05, 0) is 44.4 Å². The Morgan fingerprint density at radius 1 is 1.36 bits per heavy atom. The van der Waals surface area contributed by atoms with Crippen LogP contribution in [0.25, 0.3) is 0 Å². The van der Waals surface area contributed by atoms with E-state index in [0.717, 1.165) is 43.9 Å². The minimum Gasteiger partial charge on any atom is -0.355 e. The fourth-order valence-electron chi connectivity index (χ4n) is 2.85. The number of H-pyrrole nitrogens is 1. The van der Waals surface area contributed by atoms with Gasteiger partial charge in [-0.1, -0.05) is 13.8 Å². The van der Waals surface area contributed by atoms with Crippen LogP contribution < -0.4 is 4.90 Å². The molecule has 0 aliphatic carbocycles. The van der Waals surface area contributed by atoms with Crippen molar-refractivity contribution in [2.24, 2.45) is 5.92 Å². The first-order valence-corrected chi connectivity index (χ1v) is 9.54. The minimum absolute atomic E-state index is 0.445. The first-order chi connectivity index (χ1) is 10.3. The Kier molecular flexibility index (Phi) is 5.50. The Bertz CT molecular complexity index is 575. The van der Waals surface area contributed by atoms with Gasteiger partial charge in [0, 0.05) is 24.8 Å². The van der Waals surface area contributed by atoms with Gasteiger partial charge in [0.05, 0.1) is 5.25 Å². The molecule has 0 aromatic carbocycles. The summed E-state index contributed by atoms with van der Waals surface area (Å²) in [5, 5.41) is 6.80. The molecule has 0 bridgehead atoms. The van der Waals surface area contributed by atoms with E-state index >= 15 is 0 Å². The molecule has 1 aromatic rings. The Morgan fingerprint density at radius 2 is 2.00 bits per heavy atom. The highest BCUT2D eigenvalue weighted by molar-refractivity contribution is 7.86. The second-order valence-electron chi connectivity index (χ2n) is 6.67. The molecule has 6 nitrogen and oxygen atoms in total. The summed E-state index contributed by atoms with van der Waals surface area (Å²) >= 11 is 0. The van der Waals surface area contributed by atoms with Gasteiger partial charge in [-0.3, -0.25) is 9.65 Å². The van der Waals surface area contributed by atoms with Crippen molar-refractivity contribution in [3.05, 3.63) is 11.8 Å². The summed E-state index contributed by atoms with van der Waals surface area (Å²) in [6.45, 7) is 7.75. The molecular weight excluding hydrogens is 302 g/mol. The number of aromatic nitrogens is 2. The maximum Gasteiger partial charge on any atom is 0.267 e. The van der Waals surface area contributed by atoms with Gasteiger partial charge in [0.1, 0.15) is 0 Å². The monoisotopic (exact) mass is 329 g/mol. The van der Waals surface area contributed by atoms with Gasteiger partial charge in [0.25, 0.3) is 10.1 Å². The van der Waals surface area contributed by atoms with Crippen molar-refractivity contribution in [1.82, 2.24) is 10.2 Å². The quantitative estimate of drug-likeness (QED) is 0.784. The zero-order valence-corrected chi connectivity index (χ0v) is 14.4. The fraction of sp³-hybridized carbons (Fsp3) is 0.800. The highest BCUT2D eigenvalue weighted by Gasteiger charge is 2.24. The maximum absolute atomic E-state index is 11.0. The van der Waals surface area contributed by atoms with E-state index in [4.69, 9.17) is 4.55 Å². The predicted molar refractivity (Wildman–Crippen MR) is 87.9 cm³/mol. The third-order valence-electron chi connectivity index (χ3n) is 4.63. The van der Waals surface area contributed by atoms with Crippen molar-refractivity contribution in [2.75, 3.05) is 18.0 Å². The van der Waals surface area contributed by atoms with Crippen molar-refractivity contribution in [3.8, 4) is 0 Å². The van der Waals surface area contributed by atoms with Crippen molar-refractivity contribution in [3.63, 3.8) is 0 Å². The fourth-order valence-corrected chi connectivity index (χ4v) is 3.29. The van der Waals surface area contributed by atoms with Crippen LogP contribution in [0.4, 0.5) is 5.82 Å². The second kappa shape index (κ2) is 7.00. The third kappa shape index (κ3) is 4.46. The normalized spacial score (nSPS) is 18.9. The number of hydrogen-bond donors (Lipinski definition) is 2. The lowest BCUT2D eigenvalue weighted by atomic mass is 9.91. The van der Waals surface area contributed by atoms with E-state index in [0.29, 0.717) is 18.3 Å². The zero-order chi connectivity index (χ0) is 16.3. The van der Waals surface area contributed by atoms with E-state index in [-0.39, 0.29) is 0 Å². The molecule has 1 saturated heterocycles. The average Bonchev–Trinajstić information content (AvgIpc) is 2.94. The molecule has 7 heteroatoms. The average molecular weight is 329 g/mol. The van der Waals surface area contributed by atoms with Crippen LogP contribution in [0.2, 0.25) is 0 Å². The number of rotatable bonds is 6. The molecule has 0 saturated carbocycles. The predicted octanol–water partition coefficient (Wildman–Crippen LogP) is 2.81. The number of nitrogens with one attached hydrogen (secondary N) is 1. The van der Waals surface area contributed by atoms with Gasteiger partial charge in [-0.15, -0.1) is 0 Å². The summed E-state index contributed by atoms with van der Waals surface area (Å²) in [6.07, 6.45) is 3.47. The topological polar surface area (TPSA) is 86.3 Å². The van der Waals surface area contributed by atoms with Crippen LogP contribution in [0, 0.1) is 5.92 Å². The van der Waals surface area contributed by atoms with Crippen LogP contribution in [0.5, 0.6) is 0 Å². The highest BCUT2D eigenvalue weighted by atomic mass is 32.2. The van der Waals surface area contributed by atoms with Crippen LogP contribution in [-0.4, -0.2) is 41.5 Å². The lowest BCUT2D eigenvalue weighted by Gasteiger charge is -2.32. The molecule has 126 valence electrons. The smallest absolute Gasteiger partial charge is 0.267 e. The Morgan fingerprint density at radius 3 is 2.50 bits per heavy atom. The van der Waals surface area contributed by atoms with E-state index in [2.05, 4.69) is 35.0 Å². The molecular formula is C15H27N3O3S. The zero-order valence-electron chi connectivity index (χ0n) is 13.6. The van der Waals surface area contributed by atoms with Crippen LogP contribution in [0.3, 0.4) is 0 Å². The van der Waals surface area contributed by atoms with Crippen LogP contribution >= 0.6 is 0 Å². The molecule has 2 rings (SSSR count). The highest BCUT2D eigenvalue weighted by Crippen LogP contribution is 2.27. The molecule has 0 amide bonds. The first kappa shape index (κ1) is 17.3. The lowest BCUT2D eigenvalue weighted by molar-refractivity contribution is 0.366. The number of piperidine rings is 1. The molecule has 1 aliphatic heterocycles. The number of anilines is 1. The van der Waals surface area contributed by atoms with E-state index in [1.807, 2.05) is 0 Å². The van der Waals surface area contributed by atoms with Gasteiger partial charge >= 0.3 is 0 Å². The Balaban J connectivity index is 1.80. The Hall–Kier alpha value is -1.08. The SMILES string of the molecule is CC(C)c1cc(N2CCC(CCC(C)S(=O)(=O)O)CC2)n[nH]1. The van der Waals surface area contributed by atoms with E-state index < -0.39 is 15.4 Å². The lowest BCUT2D eigenvalue weighted by Crippen LogP contribution is -2.34. The summed E-state index contributed by atoms with van der Waals surface area (Å²) in [4.78, 5) is 2.28. The van der Waals surface area contributed by atoms with Crippen LogP contribution in [0.15, 0.2) is 6.07 Å². The Labute approximate surface area is 133 Å². The number of aromatic amines is 1. The first-order valence-electron chi connectivity index (χ1n) is 8.04. The molecule has 22 heavy (non-hydrogen) atoms. The third-order valence-corrected chi connectivity index (χ3v) is 5.89. The molecule has 1 aliphatic rings. The summed E-state index contributed by atoms with van der Waals surface area (Å²) in [7, 11) is -3.89. The van der Waals surface area contributed by atoms with Crippen molar-refractivity contribution in [2.45, 2.75) is 57.6 Å². The number of nitrogens with zero attached hydrogens (tertiary/aromatic N) is 2. The largest absolute Gasteiger partial charge is 0.355 e. The number of hydrogen-bond acceptors (Lipinski definition) is 4. The summed E-state index contributed by atoms with van der Waals surface area (Å²) in [5.41, 5.74) is 1.15. The van der Waals surface area contributed by atoms with E-state index in [1.54, 1.807) is 6.92 Å². The standard InChI is InChI=1S/C15H27N3O3S/c1-11(2)14-10-15(17-16-14)18-8-6-13(7-9-18)5-4-12(3)22(19,20)21/h10-13H,4-9H2,1-3H3,(H,16,17)(H,19,20,21). The van der Waals surface area contributed by atoms with Gasteiger partial charge in [0.15, 0.2) is 5.82 Å². The van der Waals surface area contributed by atoms with Gasteiger partial charge in [0.2, 0.25) is 0 Å². The van der Waals surface area contributed by atoms with Gasteiger partial charge in [-0.2, -0.15) is 13.5 Å². The van der Waals surface area contributed by atoms with Crippen molar-refractivity contribution in [1.29, 1.82) is 0 Å². The molecule has 1 atom stereocenters. The summed E-state index contributed by atoms with van der Waals surface area (Å²) < 4.78 is 31.1. The van der Waals surface area contributed by atoms with Crippen molar-refractivity contribution < 1.29 is 13.0 Å². The van der Waals surface area contributed by atoms with Gasteiger partial charge < -0.3 is 4.90 Å². The molecule has 1 fully saturated rings. The van der Waals surface area contributed by atoms with Gasteiger partial charge in [-0.25, -0.2) is 0 Å². The summed E-state index contributed by atoms with van der Waals surface area (Å²) in [6, 6.07) is 2.12. The maximum atomic E-state index is 11.0. The van der Waals surface area contributed by atoms with Crippen LogP contribution in [-0.2, 0) is 10.1 Å². The molecule has 1 unspecified atom stereocenters. The van der Waals surface area contributed by atoms with Crippen LogP contribution in [0.1, 0.15) is 58.1 Å². The molecule has 1 aromatic heterocycles. The van der Waals surface area contributed by atoms with E-state index in [1.165, 1.54) is 0 Å². The van der Waals surface area contributed by atoms with E-state index in [9.17, 15) is 8.42 Å².